The van der Waals surface area contributed by atoms with Crippen LogP contribution in [0.1, 0.15) is 20.8 Å². The quantitative estimate of drug-likeness (QED) is 0.877. The first-order chi connectivity index (χ1) is 7.04. The summed E-state index contributed by atoms with van der Waals surface area (Å²) in [5.74, 6) is 0.702. The Morgan fingerprint density at radius 1 is 1.33 bits per heavy atom. The summed E-state index contributed by atoms with van der Waals surface area (Å²) in [5, 5.41) is 6.07. The first-order valence-electron chi connectivity index (χ1n) is 4.55. The van der Waals surface area contributed by atoms with Gasteiger partial charge in [-0.25, -0.2) is 4.98 Å². The van der Waals surface area contributed by atoms with Crippen LogP contribution in [0, 0.1) is 0 Å². The maximum atomic E-state index is 4.38. The average molecular weight is 240 g/mol. The number of nitrogens with one attached hydrogen (secondary N) is 1. The second kappa shape index (κ2) is 3.86. The Morgan fingerprint density at radius 2 is 2.13 bits per heavy atom. The normalized spacial score (nSPS) is 11.7. The zero-order valence-electron chi connectivity index (χ0n) is 8.81. The third kappa shape index (κ3) is 2.73. The number of aromatic nitrogens is 3. The van der Waals surface area contributed by atoms with Gasteiger partial charge in [-0.3, -0.25) is 0 Å². The summed E-state index contributed by atoms with van der Waals surface area (Å²) in [4.78, 5) is 8.55. The van der Waals surface area contributed by atoms with Crippen molar-refractivity contribution < 1.29 is 0 Å². The van der Waals surface area contributed by atoms with Gasteiger partial charge in [-0.1, -0.05) is 0 Å². The zero-order valence-corrected chi connectivity index (χ0v) is 10.4. The molecule has 0 aliphatic rings. The van der Waals surface area contributed by atoms with Gasteiger partial charge in [-0.05, 0) is 20.8 Å². The largest absolute Gasteiger partial charge is 0.356 e. The van der Waals surface area contributed by atoms with E-state index >= 15 is 0 Å². The Hall–Kier alpha value is -1.01. The highest BCUT2D eigenvalue weighted by Gasteiger charge is 2.14. The Labute approximate surface area is 96.6 Å². The molecule has 0 saturated carbocycles. The van der Waals surface area contributed by atoms with Crippen LogP contribution in [0.25, 0.3) is 11.5 Å². The minimum atomic E-state index is 0.0128. The van der Waals surface area contributed by atoms with Crippen molar-refractivity contribution in [1.82, 2.24) is 14.3 Å². The van der Waals surface area contributed by atoms with E-state index in [0.717, 1.165) is 10.8 Å². The Balaban J connectivity index is 2.18. The molecule has 4 nitrogen and oxygen atoms in total. The lowest BCUT2D eigenvalue weighted by molar-refractivity contribution is 0.633. The lowest BCUT2D eigenvalue weighted by atomic mass is 10.1. The van der Waals surface area contributed by atoms with Crippen molar-refractivity contribution in [2.24, 2.45) is 0 Å². The topological polar surface area (TPSA) is 50.7 Å². The molecule has 0 aliphatic carbocycles. The number of anilines is 1. The Bertz CT molecular complexity index is 427. The van der Waals surface area contributed by atoms with Gasteiger partial charge in [0.1, 0.15) is 5.69 Å². The lowest BCUT2D eigenvalue weighted by Gasteiger charge is -2.18. The molecule has 0 amide bonds. The monoisotopic (exact) mass is 240 g/mol. The summed E-state index contributed by atoms with van der Waals surface area (Å²) in [6.45, 7) is 6.28. The average Bonchev–Trinajstić information content (AvgIpc) is 2.68. The number of thiazole rings is 1. The molecule has 1 N–H and O–H groups in total. The van der Waals surface area contributed by atoms with Crippen LogP contribution in [-0.4, -0.2) is 19.9 Å². The van der Waals surface area contributed by atoms with Gasteiger partial charge in [0.15, 0.2) is 5.82 Å². The fourth-order valence-electron chi connectivity index (χ4n) is 1.02. The van der Waals surface area contributed by atoms with E-state index in [2.05, 4.69) is 40.4 Å². The molecule has 0 bridgehead atoms. The van der Waals surface area contributed by atoms with Crippen molar-refractivity contribution in [3.8, 4) is 11.5 Å². The van der Waals surface area contributed by atoms with Crippen molar-refractivity contribution in [3.63, 3.8) is 0 Å². The number of rotatable bonds is 2. The summed E-state index contributed by atoms with van der Waals surface area (Å²) in [7, 11) is 0. The minimum absolute atomic E-state index is 0.0128. The minimum Gasteiger partial charge on any atom is -0.356 e. The fraction of sp³-hybridized carbons (Fsp3) is 0.444. The molecule has 0 aromatic carbocycles. The standard InChI is InChI=1S/C9H12N4S2/c1-9(2,3)12-8-11-7(13-15-8)6-4-14-5-10-6/h4-5H,1-3H3,(H,11,12,13). The van der Waals surface area contributed by atoms with Gasteiger partial charge in [-0.15, -0.1) is 11.3 Å². The molecule has 0 spiro atoms. The van der Waals surface area contributed by atoms with E-state index < -0.39 is 0 Å². The summed E-state index contributed by atoms with van der Waals surface area (Å²) >= 11 is 2.92. The molecule has 80 valence electrons. The molecule has 15 heavy (non-hydrogen) atoms. The highest BCUT2D eigenvalue weighted by atomic mass is 32.1. The lowest BCUT2D eigenvalue weighted by Crippen LogP contribution is -2.25. The Morgan fingerprint density at radius 3 is 2.73 bits per heavy atom. The molecule has 0 aliphatic heterocycles. The number of hydrogen-bond acceptors (Lipinski definition) is 6. The maximum Gasteiger partial charge on any atom is 0.203 e. The molecule has 2 heterocycles. The van der Waals surface area contributed by atoms with Crippen molar-refractivity contribution in [2.45, 2.75) is 26.3 Å². The van der Waals surface area contributed by atoms with E-state index in [1.54, 1.807) is 16.8 Å². The van der Waals surface area contributed by atoms with E-state index in [1.807, 2.05) is 5.38 Å². The molecule has 0 radical (unpaired) electrons. The van der Waals surface area contributed by atoms with Crippen LogP contribution < -0.4 is 5.32 Å². The van der Waals surface area contributed by atoms with Crippen molar-refractivity contribution in [2.75, 3.05) is 5.32 Å². The van der Waals surface area contributed by atoms with Gasteiger partial charge in [0.25, 0.3) is 0 Å². The third-order valence-electron chi connectivity index (χ3n) is 1.57. The van der Waals surface area contributed by atoms with Crippen molar-refractivity contribution >= 4 is 28.0 Å². The Kier molecular flexibility index (Phi) is 2.70. The SMILES string of the molecule is CC(C)(C)Nc1nc(-c2cscn2)ns1. The van der Waals surface area contributed by atoms with E-state index in [0.29, 0.717) is 5.82 Å². The van der Waals surface area contributed by atoms with Gasteiger partial charge in [0.2, 0.25) is 5.13 Å². The van der Waals surface area contributed by atoms with Gasteiger partial charge in [0, 0.05) is 22.5 Å². The highest BCUT2D eigenvalue weighted by Crippen LogP contribution is 2.22. The second-order valence-corrected chi connectivity index (χ2v) is 5.64. The predicted octanol–water partition coefficient (Wildman–Crippen LogP) is 2.87. The first-order valence-corrected chi connectivity index (χ1v) is 6.27. The molecule has 2 aromatic rings. The summed E-state index contributed by atoms with van der Waals surface area (Å²) in [6.07, 6.45) is 0. The molecular formula is C9H12N4S2. The molecule has 0 fully saturated rings. The van der Waals surface area contributed by atoms with E-state index in [1.165, 1.54) is 11.5 Å². The first kappa shape index (κ1) is 10.5. The summed E-state index contributed by atoms with van der Waals surface area (Å²) in [5.41, 5.74) is 2.64. The highest BCUT2D eigenvalue weighted by molar-refractivity contribution is 7.10. The molecule has 6 heteroatoms. The van der Waals surface area contributed by atoms with Crippen molar-refractivity contribution in [1.29, 1.82) is 0 Å². The smallest absolute Gasteiger partial charge is 0.203 e. The molecule has 0 unspecified atom stereocenters. The van der Waals surface area contributed by atoms with E-state index in [4.69, 9.17) is 0 Å². The fourth-order valence-corrected chi connectivity index (χ4v) is 2.34. The zero-order chi connectivity index (χ0) is 10.9. The second-order valence-electron chi connectivity index (χ2n) is 4.17. The summed E-state index contributed by atoms with van der Waals surface area (Å²) in [6, 6.07) is 0. The van der Waals surface area contributed by atoms with Crippen LogP contribution in [0.3, 0.4) is 0 Å². The van der Waals surface area contributed by atoms with Gasteiger partial charge >= 0.3 is 0 Å². The molecule has 2 aromatic heterocycles. The van der Waals surface area contributed by atoms with Crippen LogP contribution in [0.4, 0.5) is 5.13 Å². The van der Waals surface area contributed by atoms with Crippen molar-refractivity contribution in [3.05, 3.63) is 10.9 Å². The maximum absolute atomic E-state index is 4.38. The predicted molar refractivity (Wildman–Crippen MR) is 64.4 cm³/mol. The van der Waals surface area contributed by atoms with Gasteiger partial charge in [-0.2, -0.15) is 9.36 Å². The van der Waals surface area contributed by atoms with Crippen LogP contribution in [0.15, 0.2) is 10.9 Å². The van der Waals surface area contributed by atoms with E-state index in [-0.39, 0.29) is 5.54 Å². The van der Waals surface area contributed by atoms with Crippen LogP contribution in [0.2, 0.25) is 0 Å². The number of nitrogens with zero attached hydrogens (tertiary/aromatic N) is 3. The van der Waals surface area contributed by atoms with Crippen LogP contribution in [0.5, 0.6) is 0 Å². The van der Waals surface area contributed by atoms with E-state index in [9.17, 15) is 0 Å². The third-order valence-corrected chi connectivity index (χ3v) is 2.79. The molecular weight excluding hydrogens is 228 g/mol. The number of hydrogen-bond donors (Lipinski definition) is 1. The molecule has 0 saturated heterocycles. The molecule has 0 atom stereocenters. The van der Waals surface area contributed by atoms with Gasteiger partial charge < -0.3 is 5.32 Å². The van der Waals surface area contributed by atoms with Crippen LogP contribution >= 0.6 is 22.9 Å². The van der Waals surface area contributed by atoms with Gasteiger partial charge in [0.05, 0.1) is 5.51 Å². The summed E-state index contributed by atoms with van der Waals surface area (Å²) < 4.78 is 4.26. The molecule has 2 rings (SSSR count). The van der Waals surface area contributed by atoms with Crippen LogP contribution in [-0.2, 0) is 0 Å².